The summed E-state index contributed by atoms with van der Waals surface area (Å²) >= 11 is 6.44. The third-order valence-corrected chi connectivity index (χ3v) is 6.89. The number of aromatic nitrogens is 3. The lowest BCUT2D eigenvalue weighted by Crippen LogP contribution is -2.12. The van der Waals surface area contributed by atoms with E-state index in [1.54, 1.807) is 10.7 Å². The van der Waals surface area contributed by atoms with Crippen molar-refractivity contribution >= 4 is 48.0 Å². The van der Waals surface area contributed by atoms with Crippen molar-refractivity contribution in [1.82, 2.24) is 14.6 Å². The maximum absolute atomic E-state index is 12.9. The first-order chi connectivity index (χ1) is 19.5. The van der Waals surface area contributed by atoms with Crippen molar-refractivity contribution in [2.24, 2.45) is 0 Å². The van der Waals surface area contributed by atoms with E-state index in [9.17, 15) is 4.79 Å². The zero-order valence-corrected chi connectivity index (χ0v) is 22.1. The molecule has 6 aromatic rings. The summed E-state index contributed by atoms with van der Waals surface area (Å²) in [6.45, 7) is 0.482. The van der Waals surface area contributed by atoms with Crippen molar-refractivity contribution in [1.29, 1.82) is 0 Å². The minimum Gasteiger partial charge on any atom is -0.366 e. The molecule has 0 fully saturated rings. The predicted molar refractivity (Wildman–Crippen MR) is 162 cm³/mol. The van der Waals surface area contributed by atoms with E-state index in [1.165, 1.54) is 0 Å². The van der Waals surface area contributed by atoms with Gasteiger partial charge in [-0.25, -0.2) is 4.98 Å². The van der Waals surface area contributed by atoms with E-state index in [-0.39, 0.29) is 5.91 Å². The topological polar surface area (TPSA) is 71.3 Å². The highest BCUT2D eigenvalue weighted by Gasteiger charge is 2.13. The number of hydrogen-bond donors (Lipinski definition) is 2. The van der Waals surface area contributed by atoms with E-state index >= 15 is 0 Å². The Kier molecular flexibility index (Phi) is 7.04. The second kappa shape index (κ2) is 11.1. The third-order valence-electron chi connectivity index (χ3n) is 6.56. The maximum atomic E-state index is 12.9. The number of benzene rings is 4. The molecule has 6 nitrogen and oxygen atoms in total. The first kappa shape index (κ1) is 25.4. The first-order valence-electron chi connectivity index (χ1n) is 12.7. The molecule has 192 valence electrons. The molecule has 0 unspecified atom stereocenters. The molecule has 2 N–H and O–H groups in total. The van der Waals surface area contributed by atoms with Gasteiger partial charge in [0.1, 0.15) is 13.7 Å². The predicted octanol–water partition coefficient (Wildman–Crippen LogP) is 6.37. The molecule has 8 heteroatoms. The molecule has 0 aliphatic heterocycles. The molecular formula is C32H23BClN5O. The highest BCUT2D eigenvalue weighted by atomic mass is 35.5. The van der Waals surface area contributed by atoms with Crippen LogP contribution in [0.5, 0.6) is 0 Å². The highest BCUT2D eigenvalue weighted by molar-refractivity contribution is 6.36. The minimum absolute atomic E-state index is 0.169. The normalized spacial score (nSPS) is 10.9. The SMILES string of the molecule is [B]c1cnn2c(NCc3cccc(NC(=O)c4ccc(-c5ccccc5)cc4)c3)cc(-c3ccccc3Cl)nc12. The Morgan fingerprint density at radius 3 is 2.40 bits per heavy atom. The number of hydrogen-bond acceptors (Lipinski definition) is 4. The van der Waals surface area contributed by atoms with E-state index in [4.69, 9.17) is 19.4 Å². The Morgan fingerprint density at radius 1 is 0.850 bits per heavy atom. The molecule has 6 rings (SSSR count). The number of carbonyl (C=O) groups is 1. The van der Waals surface area contributed by atoms with E-state index in [0.717, 1.165) is 22.3 Å². The highest BCUT2D eigenvalue weighted by Crippen LogP contribution is 2.28. The number of anilines is 2. The molecule has 0 spiro atoms. The number of fused-ring (bicyclic) bond motifs is 1. The summed E-state index contributed by atoms with van der Waals surface area (Å²) in [5, 5.41) is 11.4. The van der Waals surface area contributed by atoms with E-state index in [0.29, 0.717) is 45.4 Å². The summed E-state index contributed by atoms with van der Waals surface area (Å²) < 4.78 is 1.67. The second-order valence-corrected chi connectivity index (χ2v) is 9.70. The Morgan fingerprint density at radius 2 is 1.60 bits per heavy atom. The molecule has 2 heterocycles. The monoisotopic (exact) mass is 539 g/mol. The van der Waals surface area contributed by atoms with Gasteiger partial charge in [-0.1, -0.05) is 84.4 Å². The molecule has 2 aromatic heterocycles. The Bertz CT molecular complexity index is 1820. The molecule has 0 aliphatic carbocycles. The van der Waals surface area contributed by atoms with Crippen LogP contribution >= 0.6 is 11.6 Å². The van der Waals surface area contributed by atoms with E-state index in [1.807, 2.05) is 109 Å². The summed E-state index contributed by atoms with van der Waals surface area (Å²) in [7, 11) is 6.14. The Labute approximate surface area is 238 Å². The average molecular weight is 540 g/mol. The molecule has 0 atom stereocenters. The van der Waals surface area contributed by atoms with Crippen LogP contribution in [-0.4, -0.2) is 28.4 Å². The second-order valence-electron chi connectivity index (χ2n) is 9.29. The van der Waals surface area contributed by atoms with Gasteiger partial charge in [-0.15, -0.1) is 0 Å². The molecule has 1 amide bonds. The molecule has 2 radical (unpaired) electrons. The van der Waals surface area contributed by atoms with Crippen LogP contribution in [0, 0.1) is 0 Å². The number of nitrogens with one attached hydrogen (secondary N) is 2. The third kappa shape index (κ3) is 5.32. The molecule has 4 aromatic carbocycles. The fraction of sp³-hybridized carbons (Fsp3) is 0.0312. The fourth-order valence-corrected chi connectivity index (χ4v) is 4.74. The van der Waals surface area contributed by atoms with Crippen LogP contribution in [0.3, 0.4) is 0 Å². The van der Waals surface area contributed by atoms with Crippen molar-refractivity contribution in [2.75, 3.05) is 10.6 Å². The largest absolute Gasteiger partial charge is 0.366 e. The lowest BCUT2D eigenvalue weighted by Gasteiger charge is -2.13. The molecule has 0 saturated heterocycles. The van der Waals surface area contributed by atoms with Crippen molar-refractivity contribution in [3.05, 3.63) is 132 Å². The standard InChI is InChI=1S/C32H23BClN5O/c33-27-20-36-39-30(18-29(38-31(27)39)26-11-4-5-12-28(26)34)35-19-21-7-6-10-25(17-21)37-32(40)24-15-13-23(14-16-24)22-8-2-1-3-9-22/h1-18,20,35H,19H2,(H,37,40). The van der Waals surface area contributed by atoms with Gasteiger partial charge in [0.25, 0.3) is 5.91 Å². The maximum Gasteiger partial charge on any atom is 0.255 e. The van der Waals surface area contributed by atoms with Crippen molar-refractivity contribution in [3.63, 3.8) is 0 Å². The molecular weight excluding hydrogens is 517 g/mol. The van der Waals surface area contributed by atoms with Crippen LogP contribution in [0.25, 0.3) is 28.0 Å². The van der Waals surface area contributed by atoms with Crippen molar-refractivity contribution in [3.8, 4) is 22.4 Å². The van der Waals surface area contributed by atoms with E-state index < -0.39 is 0 Å². The molecule has 40 heavy (non-hydrogen) atoms. The van der Waals surface area contributed by atoms with Gasteiger partial charge in [0.2, 0.25) is 0 Å². The summed E-state index contributed by atoms with van der Waals surface area (Å²) in [6, 6.07) is 34.8. The number of rotatable bonds is 7. The van der Waals surface area contributed by atoms with Crippen LogP contribution in [-0.2, 0) is 6.54 Å². The van der Waals surface area contributed by atoms with Gasteiger partial charge in [-0.05, 0) is 52.5 Å². The average Bonchev–Trinajstić information content (AvgIpc) is 3.37. The van der Waals surface area contributed by atoms with Gasteiger partial charge < -0.3 is 10.6 Å². The van der Waals surface area contributed by atoms with Crippen molar-refractivity contribution < 1.29 is 4.79 Å². The van der Waals surface area contributed by atoms with Gasteiger partial charge >= 0.3 is 0 Å². The summed E-state index contributed by atoms with van der Waals surface area (Å²) in [5.74, 6) is 0.543. The summed E-state index contributed by atoms with van der Waals surface area (Å²) in [6.07, 6.45) is 1.58. The fourth-order valence-electron chi connectivity index (χ4n) is 4.51. The zero-order chi connectivity index (χ0) is 27.5. The van der Waals surface area contributed by atoms with Crippen LogP contribution < -0.4 is 16.1 Å². The first-order valence-corrected chi connectivity index (χ1v) is 13.1. The molecule has 0 bridgehead atoms. The Balaban J connectivity index is 1.19. The number of amides is 1. The molecule has 0 aliphatic rings. The van der Waals surface area contributed by atoms with E-state index in [2.05, 4.69) is 20.7 Å². The van der Waals surface area contributed by atoms with Crippen molar-refractivity contribution in [2.45, 2.75) is 6.54 Å². The van der Waals surface area contributed by atoms with Gasteiger partial charge in [0.15, 0.2) is 5.65 Å². The number of halogens is 1. The summed E-state index contributed by atoms with van der Waals surface area (Å²) in [4.78, 5) is 17.6. The lowest BCUT2D eigenvalue weighted by atomic mass is 10.0. The summed E-state index contributed by atoms with van der Waals surface area (Å²) in [5.41, 5.74) is 6.94. The quantitative estimate of drug-likeness (QED) is 0.231. The van der Waals surface area contributed by atoms with Crippen LogP contribution in [0.15, 0.2) is 115 Å². The molecule has 0 saturated carbocycles. The van der Waals surface area contributed by atoms with Crippen LogP contribution in [0.2, 0.25) is 5.02 Å². The minimum atomic E-state index is -0.169. The number of carbonyl (C=O) groups excluding carboxylic acids is 1. The van der Waals surface area contributed by atoms with Gasteiger partial charge in [0, 0.05) is 40.6 Å². The van der Waals surface area contributed by atoms with Gasteiger partial charge in [-0.2, -0.15) is 9.61 Å². The van der Waals surface area contributed by atoms with Crippen LogP contribution in [0.4, 0.5) is 11.5 Å². The Hall–Kier alpha value is -4.88. The van der Waals surface area contributed by atoms with Gasteiger partial charge in [0.05, 0.1) is 5.69 Å². The smallest absolute Gasteiger partial charge is 0.255 e. The lowest BCUT2D eigenvalue weighted by molar-refractivity contribution is 0.102. The van der Waals surface area contributed by atoms with Crippen LogP contribution in [0.1, 0.15) is 15.9 Å². The van der Waals surface area contributed by atoms with Gasteiger partial charge in [-0.3, -0.25) is 4.79 Å². The number of nitrogens with zero attached hydrogens (tertiary/aromatic N) is 3. The zero-order valence-electron chi connectivity index (χ0n) is 21.4.